The summed E-state index contributed by atoms with van der Waals surface area (Å²) >= 11 is 0. The van der Waals surface area contributed by atoms with Gasteiger partial charge in [-0.2, -0.15) is 0 Å². The van der Waals surface area contributed by atoms with Crippen LogP contribution < -0.4 is 9.64 Å². The van der Waals surface area contributed by atoms with Gasteiger partial charge in [-0.05, 0) is 107 Å². The van der Waals surface area contributed by atoms with Crippen LogP contribution in [0.2, 0.25) is 0 Å². The predicted molar refractivity (Wildman–Crippen MR) is 186 cm³/mol. The molecule has 0 amide bonds. The average molecular weight is 649 g/mol. The molecule has 0 aliphatic carbocycles. The van der Waals surface area contributed by atoms with Crippen LogP contribution in [0, 0.1) is 19.7 Å². The molecule has 0 saturated heterocycles. The summed E-state index contributed by atoms with van der Waals surface area (Å²) in [7, 11) is 4.06. The van der Waals surface area contributed by atoms with Gasteiger partial charge in [0.1, 0.15) is 5.65 Å². The van der Waals surface area contributed by atoms with Crippen LogP contribution in [0.15, 0.2) is 48.7 Å². The van der Waals surface area contributed by atoms with Crippen molar-refractivity contribution in [3.63, 3.8) is 0 Å². The van der Waals surface area contributed by atoms with Crippen molar-refractivity contribution >= 4 is 22.7 Å². The number of pyridine rings is 2. The van der Waals surface area contributed by atoms with E-state index in [4.69, 9.17) is 19.4 Å². The summed E-state index contributed by atoms with van der Waals surface area (Å²) in [5, 5.41) is 11.3. The van der Waals surface area contributed by atoms with Crippen LogP contribution in [0.4, 0.5) is 10.1 Å². The first-order valence-electron chi connectivity index (χ1n) is 16.5. The van der Waals surface area contributed by atoms with E-state index in [1.54, 1.807) is 6.92 Å². The number of carboxylic acid groups (broad SMARTS) is 1. The Kier molecular flexibility index (Phi) is 7.78. The number of hydrogen-bond donors (Lipinski definition) is 1. The van der Waals surface area contributed by atoms with Crippen molar-refractivity contribution < 1.29 is 23.8 Å². The average Bonchev–Trinajstić information content (AvgIpc) is 3.59. The van der Waals surface area contributed by atoms with E-state index >= 15 is 4.39 Å². The first kappa shape index (κ1) is 31.8. The summed E-state index contributed by atoms with van der Waals surface area (Å²) in [5.74, 6) is -1.31. The largest absolute Gasteiger partial charge is 0.490 e. The molecule has 48 heavy (non-hydrogen) atoms. The molecule has 5 heterocycles. The third-order valence-corrected chi connectivity index (χ3v) is 9.63. The molecule has 248 valence electrons. The molecule has 0 bridgehead atoms. The number of halogens is 1. The number of aromatic nitrogens is 3. The van der Waals surface area contributed by atoms with Crippen LogP contribution >= 0.6 is 0 Å². The molecule has 2 aliphatic rings. The van der Waals surface area contributed by atoms with Gasteiger partial charge in [-0.15, -0.1) is 0 Å². The minimum absolute atomic E-state index is 0.281. The predicted octanol–water partition coefficient (Wildman–Crippen LogP) is 7.98. The highest BCUT2D eigenvalue weighted by atomic mass is 19.1. The fourth-order valence-corrected chi connectivity index (χ4v) is 7.32. The summed E-state index contributed by atoms with van der Waals surface area (Å²) in [6.45, 7) is 10.7. The second-order valence-corrected chi connectivity index (χ2v) is 14.0. The summed E-state index contributed by atoms with van der Waals surface area (Å²) < 4.78 is 29.8. The molecule has 1 N–H and O–H groups in total. The molecule has 1 atom stereocenters. The Morgan fingerprint density at radius 2 is 1.85 bits per heavy atom. The van der Waals surface area contributed by atoms with E-state index < -0.39 is 23.5 Å². The maximum absolute atomic E-state index is 15.8. The van der Waals surface area contributed by atoms with Crippen LogP contribution in [-0.4, -0.2) is 51.4 Å². The van der Waals surface area contributed by atoms with Gasteiger partial charge in [0.25, 0.3) is 0 Å². The Morgan fingerprint density at radius 3 is 2.60 bits per heavy atom. The molecule has 0 spiro atoms. The number of carbonyl (C=O) groups is 1. The lowest BCUT2D eigenvalue weighted by atomic mass is 9.86. The lowest BCUT2D eigenvalue weighted by Gasteiger charge is -2.29. The molecule has 0 radical (unpaired) electrons. The Labute approximate surface area is 280 Å². The first-order valence-corrected chi connectivity index (χ1v) is 16.5. The van der Waals surface area contributed by atoms with E-state index in [2.05, 4.69) is 36.2 Å². The molecule has 9 heteroatoms. The van der Waals surface area contributed by atoms with E-state index in [-0.39, 0.29) is 5.75 Å². The minimum Gasteiger partial charge on any atom is -0.490 e. The van der Waals surface area contributed by atoms with Gasteiger partial charge in [-0.3, -0.25) is 4.98 Å². The van der Waals surface area contributed by atoms with Crippen LogP contribution in [0.3, 0.4) is 0 Å². The van der Waals surface area contributed by atoms with Gasteiger partial charge < -0.3 is 24.0 Å². The maximum atomic E-state index is 15.8. The van der Waals surface area contributed by atoms with Crippen molar-refractivity contribution in [2.24, 2.45) is 7.05 Å². The first-order chi connectivity index (χ1) is 22.8. The molecule has 3 aromatic heterocycles. The SMILES string of the molecule is Cc1nc2c(cc(-c3ccnc(-c4ccc5c(c4)CCN5C)c3)n2C)c(-c2cc(F)c3c(c2C)CCCO3)c1C(OC(C)(C)C)C(=O)O. The fraction of sp³-hybridized carbons (Fsp3) is 0.359. The quantitative estimate of drug-likeness (QED) is 0.200. The third-order valence-electron chi connectivity index (χ3n) is 9.63. The van der Waals surface area contributed by atoms with Gasteiger partial charge in [0.05, 0.1) is 23.6 Å². The zero-order valence-corrected chi connectivity index (χ0v) is 28.6. The van der Waals surface area contributed by atoms with E-state index in [1.807, 2.05) is 57.6 Å². The standard InChI is InChI=1S/C39H41FN4O4/c1-21-26-9-8-16-47-35(26)29(40)19-27(21)34-28-20-32(44(7)37(28)42-22(2)33(34)36(38(45)46)48-39(3,4)5)24-12-14-41-30(18-24)23-10-11-31-25(17-23)13-15-43(31)6/h10-12,14,17-20,36H,8-9,13,15-16H2,1-7H3,(H,45,46). The van der Waals surface area contributed by atoms with Gasteiger partial charge in [0.15, 0.2) is 17.7 Å². The Balaban J connectivity index is 1.47. The van der Waals surface area contributed by atoms with Crippen molar-refractivity contribution in [2.75, 3.05) is 25.1 Å². The number of benzene rings is 2. The van der Waals surface area contributed by atoms with Crippen LogP contribution in [0.1, 0.15) is 61.2 Å². The van der Waals surface area contributed by atoms with E-state index in [9.17, 15) is 9.90 Å². The summed E-state index contributed by atoms with van der Waals surface area (Å²) in [6, 6.07) is 14.0. The lowest BCUT2D eigenvalue weighted by Crippen LogP contribution is -2.28. The Bertz CT molecular complexity index is 2110. The topological polar surface area (TPSA) is 89.7 Å². The molecule has 1 unspecified atom stereocenters. The molecule has 2 aliphatic heterocycles. The van der Waals surface area contributed by atoms with Crippen molar-refractivity contribution in [3.05, 3.63) is 82.4 Å². The summed E-state index contributed by atoms with van der Waals surface area (Å²) in [6.07, 6.45) is 2.94. The highest BCUT2D eigenvalue weighted by Gasteiger charge is 2.34. The number of ether oxygens (including phenoxy) is 2. The van der Waals surface area contributed by atoms with E-state index in [0.717, 1.165) is 58.4 Å². The maximum Gasteiger partial charge on any atom is 0.337 e. The number of nitrogens with zero attached hydrogens (tertiary/aromatic N) is 4. The summed E-state index contributed by atoms with van der Waals surface area (Å²) in [5.41, 5.74) is 9.99. The molecule has 2 aromatic carbocycles. The van der Waals surface area contributed by atoms with Gasteiger partial charge in [0.2, 0.25) is 0 Å². The van der Waals surface area contributed by atoms with Crippen molar-refractivity contribution in [1.82, 2.24) is 14.5 Å². The van der Waals surface area contributed by atoms with Gasteiger partial charge in [-0.25, -0.2) is 14.2 Å². The lowest BCUT2D eigenvalue weighted by molar-refractivity contribution is -0.160. The van der Waals surface area contributed by atoms with Crippen LogP contribution in [-0.2, 0) is 29.4 Å². The molecule has 5 aromatic rings. The molecule has 8 nitrogen and oxygen atoms in total. The van der Waals surface area contributed by atoms with Gasteiger partial charge in [0, 0.05) is 71.4 Å². The zero-order valence-electron chi connectivity index (χ0n) is 28.6. The molecular weight excluding hydrogens is 607 g/mol. The van der Waals surface area contributed by atoms with Gasteiger partial charge in [-0.1, -0.05) is 6.07 Å². The molecule has 0 saturated carbocycles. The number of carboxylic acids is 1. The highest BCUT2D eigenvalue weighted by Crippen LogP contribution is 2.46. The minimum atomic E-state index is -1.33. The van der Waals surface area contributed by atoms with Crippen LogP contribution in [0.5, 0.6) is 5.75 Å². The molecular formula is C39H41FN4O4. The Morgan fingerprint density at radius 1 is 1.06 bits per heavy atom. The van der Waals surface area contributed by atoms with Crippen LogP contribution in [0.25, 0.3) is 44.7 Å². The van der Waals surface area contributed by atoms with Gasteiger partial charge >= 0.3 is 5.97 Å². The van der Waals surface area contributed by atoms with E-state index in [0.29, 0.717) is 41.1 Å². The smallest absolute Gasteiger partial charge is 0.337 e. The highest BCUT2D eigenvalue weighted by molar-refractivity contribution is 6.01. The number of aryl methyl sites for hydroxylation is 2. The second kappa shape index (κ2) is 11.7. The normalized spacial score (nSPS) is 15.0. The number of rotatable bonds is 6. The molecule has 7 rings (SSSR count). The van der Waals surface area contributed by atoms with E-state index in [1.165, 1.54) is 17.3 Å². The number of aliphatic carboxylic acids is 1. The Hall–Kier alpha value is -4.76. The molecule has 0 fully saturated rings. The van der Waals surface area contributed by atoms with Crippen molar-refractivity contribution in [2.45, 2.75) is 65.6 Å². The number of hydrogen-bond acceptors (Lipinski definition) is 6. The van der Waals surface area contributed by atoms with Crippen molar-refractivity contribution in [3.8, 4) is 39.4 Å². The monoisotopic (exact) mass is 648 g/mol. The number of likely N-dealkylation sites (N-methyl/N-ethyl adjacent to an activating group) is 1. The number of anilines is 1. The second-order valence-electron chi connectivity index (χ2n) is 14.0. The zero-order chi connectivity index (χ0) is 34.1. The number of fused-ring (bicyclic) bond motifs is 3. The van der Waals surface area contributed by atoms with Crippen molar-refractivity contribution in [1.29, 1.82) is 0 Å². The fourth-order valence-electron chi connectivity index (χ4n) is 7.32. The summed E-state index contributed by atoms with van der Waals surface area (Å²) in [4.78, 5) is 24.9. The third kappa shape index (κ3) is 5.40.